The highest BCUT2D eigenvalue weighted by Gasteiger charge is 2.17. The molecule has 6 heteroatoms. The minimum absolute atomic E-state index is 0.0656. The Morgan fingerprint density at radius 2 is 1.88 bits per heavy atom. The molecule has 3 aromatic rings. The van der Waals surface area contributed by atoms with Crippen LogP contribution in [0.4, 0.5) is 11.5 Å². The van der Waals surface area contributed by atoms with E-state index in [1.807, 2.05) is 55.6 Å². The van der Waals surface area contributed by atoms with E-state index < -0.39 is 0 Å². The second kappa shape index (κ2) is 7.47. The number of aryl methyl sites for hydroxylation is 3. The van der Waals surface area contributed by atoms with E-state index in [1.165, 1.54) is 0 Å². The molecule has 0 aliphatic heterocycles. The molecule has 0 radical (unpaired) electrons. The van der Waals surface area contributed by atoms with E-state index in [-0.39, 0.29) is 12.4 Å². The summed E-state index contributed by atoms with van der Waals surface area (Å²) in [5.41, 5.74) is 5.35. The summed E-state index contributed by atoms with van der Waals surface area (Å²) >= 11 is 0. The van der Waals surface area contributed by atoms with Gasteiger partial charge in [-0.25, -0.2) is 4.98 Å². The number of fused-ring (bicyclic) bond motifs is 1. The first-order chi connectivity index (χ1) is 12.5. The summed E-state index contributed by atoms with van der Waals surface area (Å²) in [6, 6.07) is 9.92. The van der Waals surface area contributed by atoms with E-state index in [1.54, 1.807) is 6.92 Å². The molecule has 0 N–H and O–H groups in total. The number of rotatable bonds is 5. The number of benzene rings is 1. The van der Waals surface area contributed by atoms with Gasteiger partial charge in [0.05, 0.1) is 24.4 Å². The van der Waals surface area contributed by atoms with Crippen molar-refractivity contribution < 1.29 is 9.53 Å². The number of pyridine rings is 1. The van der Waals surface area contributed by atoms with Gasteiger partial charge in [0, 0.05) is 6.20 Å². The Bertz CT molecular complexity index is 969. The van der Waals surface area contributed by atoms with Crippen LogP contribution in [0.15, 0.2) is 46.8 Å². The summed E-state index contributed by atoms with van der Waals surface area (Å²) in [7, 11) is 0. The smallest absolute Gasteiger partial charge is 0.312 e. The Balaban J connectivity index is 2.05. The molecule has 0 unspecified atom stereocenters. The van der Waals surface area contributed by atoms with Crippen molar-refractivity contribution >= 4 is 23.1 Å². The van der Waals surface area contributed by atoms with E-state index in [0.29, 0.717) is 18.1 Å². The molecular weight excluding hydrogens is 328 g/mol. The van der Waals surface area contributed by atoms with Gasteiger partial charge in [-0.15, -0.1) is 10.2 Å². The largest absolute Gasteiger partial charge is 0.466 e. The van der Waals surface area contributed by atoms with Gasteiger partial charge in [0.2, 0.25) is 0 Å². The average Bonchev–Trinajstić information content (AvgIpc) is 2.91. The number of hydrogen-bond donors (Lipinski definition) is 0. The predicted molar refractivity (Wildman–Crippen MR) is 100 cm³/mol. The molecule has 0 saturated carbocycles. The second-order valence-corrected chi connectivity index (χ2v) is 6.29. The molecule has 0 fully saturated rings. The molecule has 6 nitrogen and oxygen atoms in total. The Labute approximate surface area is 152 Å². The first kappa shape index (κ1) is 17.8. The van der Waals surface area contributed by atoms with Crippen LogP contribution < -0.4 is 0 Å². The molecule has 0 amide bonds. The van der Waals surface area contributed by atoms with Gasteiger partial charge in [0.15, 0.2) is 5.82 Å². The number of ether oxygens (including phenoxy) is 1. The maximum Gasteiger partial charge on any atom is 0.312 e. The Kier molecular flexibility index (Phi) is 5.11. The van der Waals surface area contributed by atoms with Gasteiger partial charge in [-0.2, -0.15) is 0 Å². The van der Waals surface area contributed by atoms with Crippen LogP contribution in [0.1, 0.15) is 29.3 Å². The van der Waals surface area contributed by atoms with Crippen molar-refractivity contribution in [2.45, 2.75) is 34.1 Å². The third kappa shape index (κ3) is 3.79. The third-order valence-corrected chi connectivity index (χ3v) is 3.97. The zero-order chi connectivity index (χ0) is 18.7. The van der Waals surface area contributed by atoms with Crippen LogP contribution in [0.3, 0.4) is 0 Å². The first-order valence-electron chi connectivity index (χ1n) is 8.60. The average molecular weight is 350 g/mol. The van der Waals surface area contributed by atoms with Gasteiger partial charge in [-0.05, 0) is 62.6 Å². The zero-order valence-corrected chi connectivity index (χ0v) is 15.5. The lowest BCUT2D eigenvalue weighted by Crippen LogP contribution is -2.07. The van der Waals surface area contributed by atoms with Crippen molar-refractivity contribution in [3.63, 3.8) is 0 Å². The number of aromatic nitrogens is 2. The lowest BCUT2D eigenvalue weighted by molar-refractivity contribution is -0.142. The number of esters is 1. The lowest BCUT2D eigenvalue weighted by atomic mass is 10.1. The quantitative estimate of drug-likeness (QED) is 0.491. The SMILES string of the molecule is CCOC(=O)Cc1nc2c(C)cccn2c1N=Nc1cc(C)cc(C)c1. The number of azo groups is 1. The molecule has 0 aliphatic carbocycles. The van der Waals surface area contributed by atoms with Crippen LogP contribution in [0.25, 0.3) is 5.65 Å². The fourth-order valence-corrected chi connectivity index (χ4v) is 2.93. The summed E-state index contributed by atoms with van der Waals surface area (Å²) in [5, 5.41) is 8.79. The second-order valence-electron chi connectivity index (χ2n) is 6.29. The van der Waals surface area contributed by atoms with Crippen molar-refractivity contribution in [2.24, 2.45) is 10.2 Å². The van der Waals surface area contributed by atoms with Crippen molar-refractivity contribution in [1.82, 2.24) is 9.38 Å². The maximum atomic E-state index is 11.9. The molecular formula is C20H22N4O2. The highest BCUT2D eigenvalue weighted by atomic mass is 16.5. The van der Waals surface area contributed by atoms with Gasteiger partial charge >= 0.3 is 5.97 Å². The standard InChI is InChI=1S/C20H22N4O2/c1-5-26-18(25)12-17-20(24-8-6-7-15(4)19(24)21-17)23-22-16-10-13(2)9-14(3)11-16/h6-11H,5,12H2,1-4H3. The van der Waals surface area contributed by atoms with Crippen molar-refractivity contribution in [2.75, 3.05) is 6.61 Å². The van der Waals surface area contributed by atoms with Crippen LogP contribution in [-0.4, -0.2) is 22.0 Å². The number of nitrogens with zero attached hydrogens (tertiary/aromatic N) is 4. The number of carbonyl (C=O) groups excluding carboxylic acids is 1. The molecule has 0 bridgehead atoms. The van der Waals surface area contributed by atoms with Crippen LogP contribution in [-0.2, 0) is 16.0 Å². The van der Waals surface area contributed by atoms with E-state index in [0.717, 1.165) is 28.0 Å². The van der Waals surface area contributed by atoms with Crippen molar-refractivity contribution in [1.29, 1.82) is 0 Å². The molecule has 3 rings (SSSR count). The van der Waals surface area contributed by atoms with Crippen LogP contribution in [0.5, 0.6) is 0 Å². The Morgan fingerprint density at radius 1 is 1.15 bits per heavy atom. The maximum absolute atomic E-state index is 11.9. The molecule has 0 atom stereocenters. The van der Waals surface area contributed by atoms with Gasteiger partial charge in [0.25, 0.3) is 0 Å². The summed E-state index contributed by atoms with van der Waals surface area (Å²) in [6.45, 7) is 8.14. The topological polar surface area (TPSA) is 68.3 Å². The monoisotopic (exact) mass is 350 g/mol. The molecule has 1 aromatic carbocycles. The van der Waals surface area contributed by atoms with Crippen molar-refractivity contribution in [3.05, 3.63) is 58.9 Å². The predicted octanol–water partition coefficient (Wildman–Crippen LogP) is 4.78. The fourth-order valence-electron chi connectivity index (χ4n) is 2.93. The lowest BCUT2D eigenvalue weighted by Gasteiger charge is -2.02. The summed E-state index contributed by atoms with van der Waals surface area (Å²) in [6.07, 6.45) is 1.94. The molecule has 26 heavy (non-hydrogen) atoms. The van der Waals surface area contributed by atoms with Crippen LogP contribution in [0.2, 0.25) is 0 Å². The van der Waals surface area contributed by atoms with E-state index in [9.17, 15) is 4.79 Å². The Morgan fingerprint density at radius 3 is 2.58 bits per heavy atom. The molecule has 2 heterocycles. The number of hydrogen-bond acceptors (Lipinski definition) is 5. The van der Waals surface area contributed by atoms with Crippen LogP contribution in [0, 0.1) is 20.8 Å². The van der Waals surface area contributed by atoms with E-state index in [2.05, 4.69) is 21.3 Å². The van der Waals surface area contributed by atoms with Gasteiger partial charge in [0.1, 0.15) is 5.65 Å². The summed E-state index contributed by atoms with van der Waals surface area (Å²) in [4.78, 5) is 16.5. The first-order valence-corrected chi connectivity index (χ1v) is 8.60. The van der Waals surface area contributed by atoms with Gasteiger partial charge < -0.3 is 4.74 Å². The molecule has 134 valence electrons. The fraction of sp³-hybridized carbons (Fsp3) is 0.300. The Hall–Kier alpha value is -3.02. The summed E-state index contributed by atoms with van der Waals surface area (Å²) in [5.74, 6) is 0.229. The van der Waals surface area contributed by atoms with E-state index in [4.69, 9.17) is 4.74 Å². The normalized spacial score (nSPS) is 11.4. The molecule has 0 spiro atoms. The van der Waals surface area contributed by atoms with Crippen LogP contribution >= 0.6 is 0 Å². The highest BCUT2D eigenvalue weighted by Crippen LogP contribution is 2.27. The number of carbonyl (C=O) groups is 1. The molecule has 2 aromatic heterocycles. The number of imidazole rings is 1. The summed E-state index contributed by atoms with van der Waals surface area (Å²) < 4.78 is 6.92. The zero-order valence-electron chi connectivity index (χ0n) is 15.5. The van der Waals surface area contributed by atoms with Gasteiger partial charge in [-0.1, -0.05) is 12.1 Å². The minimum Gasteiger partial charge on any atom is -0.466 e. The minimum atomic E-state index is -0.323. The third-order valence-electron chi connectivity index (χ3n) is 3.97. The molecule has 0 saturated heterocycles. The van der Waals surface area contributed by atoms with Gasteiger partial charge in [-0.3, -0.25) is 9.20 Å². The molecule has 0 aliphatic rings. The van der Waals surface area contributed by atoms with Crippen molar-refractivity contribution in [3.8, 4) is 0 Å². The highest BCUT2D eigenvalue weighted by molar-refractivity contribution is 5.74. The van der Waals surface area contributed by atoms with E-state index >= 15 is 0 Å².